The summed E-state index contributed by atoms with van der Waals surface area (Å²) in [6.07, 6.45) is 5.63. The zero-order valence-corrected chi connectivity index (χ0v) is 11.6. The molecule has 0 saturated heterocycles. The molecule has 92 valence electrons. The molecule has 1 aliphatic rings. The van der Waals surface area contributed by atoms with Crippen LogP contribution >= 0.6 is 23.5 Å². The second-order valence-electron chi connectivity index (χ2n) is 4.07. The van der Waals surface area contributed by atoms with Crippen molar-refractivity contribution < 1.29 is 0 Å². The largest absolute Gasteiger partial charge is 0.333 e. The van der Waals surface area contributed by atoms with Crippen molar-refractivity contribution in [2.45, 2.75) is 11.6 Å². The van der Waals surface area contributed by atoms with Gasteiger partial charge in [0.25, 0.3) is 0 Å². The predicted octanol–water partition coefficient (Wildman–Crippen LogP) is 3.44. The molecule has 0 spiro atoms. The summed E-state index contributed by atoms with van der Waals surface area (Å²) in [6.45, 7) is 0. The van der Waals surface area contributed by atoms with E-state index < -0.39 is 0 Å². The Bertz CT molecular complexity index is 590. The van der Waals surface area contributed by atoms with Crippen molar-refractivity contribution in [2.75, 3.05) is 6.26 Å². The number of nitrogens with zero attached hydrogens (tertiary/aromatic N) is 2. The maximum Gasteiger partial charge on any atom is 0.0958 e. The topological polar surface area (TPSA) is 41.7 Å². The van der Waals surface area contributed by atoms with Gasteiger partial charge in [0.05, 0.1) is 16.6 Å². The quantitative estimate of drug-likeness (QED) is 0.674. The van der Waals surface area contributed by atoms with Crippen molar-refractivity contribution in [1.82, 2.24) is 9.55 Å². The molecule has 3 nitrogen and oxygen atoms in total. The van der Waals surface area contributed by atoms with Gasteiger partial charge >= 0.3 is 0 Å². The average molecular weight is 275 g/mol. The van der Waals surface area contributed by atoms with Crippen LogP contribution in [-0.4, -0.2) is 20.9 Å². The van der Waals surface area contributed by atoms with Crippen molar-refractivity contribution in [1.29, 1.82) is 5.41 Å². The van der Waals surface area contributed by atoms with Gasteiger partial charge in [-0.3, -0.25) is 10.4 Å². The molecular weight excluding hydrogens is 262 g/mol. The third-order valence-electron chi connectivity index (χ3n) is 3.07. The molecule has 1 aliphatic heterocycles. The molecule has 2 aromatic heterocycles. The molecule has 0 amide bonds. The van der Waals surface area contributed by atoms with Crippen LogP contribution in [0.1, 0.15) is 11.3 Å². The fourth-order valence-electron chi connectivity index (χ4n) is 2.19. The van der Waals surface area contributed by atoms with Gasteiger partial charge in [-0.1, -0.05) is 0 Å². The number of rotatable bonds is 2. The first-order valence-corrected chi connectivity index (χ1v) is 8.02. The van der Waals surface area contributed by atoms with Gasteiger partial charge in [0.15, 0.2) is 0 Å². The molecule has 0 aliphatic carbocycles. The van der Waals surface area contributed by atoms with E-state index >= 15 is 0 Å². The highest BCUT2D eigenvalue weighted by molar-refractivity contribution is 8.13. The number of nitrogens with one attached hydrogen (secondary N) is 1. The Hall–Kier alpha value is -1.20. The Labute approximate surface area is 115 Å². The van der Waals surface area contributed by atoms with E-state index in [-0.39, 0.29) is 0 Å². The number of fused-ring (bicyclic) bond motifs is 1. The second-order valence-corrected chi connectivity index (χ2v) is 5.84. The number of thioether (sulfide) groups is 2. The molecule has 0 saturated carbocycles. The van der Waals surface area contributed by atoms with Gasteiger partial charge in [-0.05, 0) is 24.5 Å². The Balaban J connectivity index is 2.15. The van der Waals surface area contributed by atoms with Gasteiger partial charge in [-0.2, -0.15) is 0 Å². The van der Waals surface area contributed by atoms with Crippen molar-refractivity contribution in [2.24, 2.45) is 0 Å². The zero-order chi connectivity index (χ0) is 12.5. The summed E-state index contributed by atoms with van der Waals surface area (Å²) in [7, 11) is 0. The predicted molar refractivity (Wildman–Crippen MR) is 79.3 cm³/mol. The summed E-state index contributed by atoms with van der Waals surface area (Å²) in [6, 6.07) is 6.16. The maximum absolute atomic E-state index is 8.05. The lowest BCUT2D eigenvalue weighted by molar-refractivity contribution is 0.895. The highest BCUT2D eigenvalue weighted by Crippen LogP contribution is 2.36. The Morgan fingerprint density at radius 1 is 1.56 bits per heavy atom. The number of hydrogen-bond acceptors (Lipinski definition) is 4. The summed E-state index contributed by atoms with van der Waals surface area (Å²) in [4.78, 5) is 4.18. The maximum atomic E-state index is 8.05. The molecule has 0 unspecified atom stereocenters. The van der Waals surface area contributed by atoms with Crippen LogP contribution in [0.2, 0.25) is 0 Å². The highest BCUT2D eigenvalue weighted by Gasteiger charge is 2.22. The Morgan fingerprint density at radius 3 is 3.17 bits per heavy atom. The molecule has 2 aromatic rings. The highest BCUT2D eigenvalue weighted by atomic mass is 32.2. The van der Waals surface area contributed by atoms with Crippen molar-refractivity contribution >= 4 is 28.6 Å². The normalized spacial score (nSPS) is 13.6. The van der Waals surface area contributed by atoms with Crippen LogP contribution in [0.4, 0.5) is 0 Å². The van der Waals surface area contributed by atoms with E-state index in [1.165, 1.54) is 23.1 Å². The van der Waals surface area contributed by atoms with E-state index in [0.29, 0.717) is 5.04 Å². The van der Waals surface area contributed by atoms with E-state index in [4.69, 9.17) is 5.41 Å². The smallest absolute Gasteiger partial charge is 0.0958 e. The third-order valence-corrected chi connectivity index (χ3v) is 4.62. The van der Waals surface area contributed by atoms with Crippen LogP contribution < -0.4 is 0 Å². The van der Waals surface area contributed by atoms with Crippen LogP contribution in [-0.2, 0) is 11.6 Å². The fourth-order valence-corrected chi connectivity index (χ4v) is 3.66. The molecule has 5 heteroatoms. The molecule has 0 atom stereocenters. The summed E-state index contributed by atoms with van der Waals surface area (Å²) < 4.78 is 2.31. The van der Waals surface area contributed by atoms with E-state index in [0.717, 1.165) is 22.8 Å². The standard InChI is InChI=1S/C13H13N3S2/c1-17-13(14)10-5-11(9-3-2-4-15-6-9)16-8-18-7-12(10)16/h2-6,14H,7-8H2,1H3. The summed E-state index contributed by atoms with van der Waals surface area (Å²) >= 11 is 3.39. The van der Waals surface area contributed by atoms with Gasteiger partial charge < -0.3 is 4.57 Å². The van der Waals surface area contributed by atoms with E-state index in [1.54, 1.807) is 6.20 Å². The minimum Gasteiger partial charge on any atom is -0.333 e. The minimum atomic E-state index is 0.649. The lowest BCUT2D eigenvalue weighted by Gasteiger charge is -2.04. The van der Waals surface area contributed by atoms with Gasteiger partial charge in [0.1, 0.15) is 0 Å². The number of aromatic nitrogens is 2. The molecule has 18 heavy (non-hydrogen) atoms. The molecule has 0 fully saturated rings. The molecule has 3 rings (SSSR count). The minimum absolute atomic E-state index is 0.649. The monoisotopic (exact) mass is 275 g/mol. The Kier molecular flexibility index (Phi) is 3.18. The van der Waals surface area contributed by atoms with E-state index in [9.17, 15) is 0 Å². The third kappa shape index (κ3) is 1.87. The van der Waals surface area contributed by atoms with Crippen LogP contribution in [0.5, 0.6) is 0 Å². The van der Waals surface area contributed by atoms with Crippen LogP contribution in [0.15, 0.2) is 30.6 Å². The van der Waals surface area contributed by atoms with Crippen molar-refractivity contribution in [3.05, 3.63) is 41.9 Å². The van der Waals surface area contributed by atoms with Gasteiger partial charge in [0.2, 0.25) is 0 Å². The van der Waals surface area contributed by atoms with Gasteiger partial charge in [-0.15, -0.1) is 23.5 Å². The van der Waals surface area contributed by atoms with E-state index in [1.807, 2.05) is 30.3 Å². The van der Waals surface area contributed by atoms with Gasteiger partial charge in [0, 0.05) is 35.0 Å². The summed E-state index contributed by atoms with van der Waals surface area (Å²) in [5, 5.41) is 8.70. The molecule has 3 heterocycles. The SMILES string of the molecule is CSC(=N)c1cc(-c2cccnc2)n2c1CSC2. The summed E-state index contributed by atoms with van der Waals surface area (Å²) in [5.74, 6) is 1.97. The molecule has 1 N–H and O–H groups in total. The lowest BCUT2D eigenvalue weighted by Crippen LogP contribution is -1.97. The Morgan fingerprint density at radius 2 is 2.44 bits per heavy atom. The zero-order valence-electron chi connectivity index (χ0n) is 10.0. The number of hydrogen-bond donors (Lipinski definition) is 1. The van der Waals surface area contributed by atoms with E-state index in [2.05, 4.69) is 21.7 Å². The first kappa shape index (κ1) is 11.9. The molecule has 0 bridgehead atoms. The van der Waals surface area contributed by atoms with Gasteiger partial charge in [-0.25, -0.2) is 0 Å². The molecule has 0 aromatic carbocycles. The van der Waals surface area contributed by atoms with Crippen molar-refractivity contribution in [3.8, 4) is 11.3 Å². The first-order chi connectivity index (χ1) is 8.81. The van der Waals surface area contributed by atoms with Crippen LogP contribution in [0.25, 0.3) is 11.3 Å². The summed E-state index contributed by atoms with van der Waals surface area (Å²) in [5.41, 5.74) is 4.66. The lowest BCUT2D eigenvalue weighted by atomic mass is 10.2. The fraction of sp³-hybridized carbons (Fsp3) is 0.231. The number of pyridine rings is 1. The second kappa shape index (κ2) is 4.82. The molecular formula is C13H13N3S2. The van der Waals surface area contributed by atoms with Crippen molar-refractivity contribution in [3.63, 3.8) is 0 Å². The molecule has 0 radical (unpaired) electrons. The van der Waals surface area contributed by atoms with Crippen LogP contribution in [0, 0.1) is 5.41 Å². The average Bonchev–Trinajstić information content (AvgIpc) is 3.00. The van der Waals surface area contributed by atoms with Crippen LogP contribution in [0.3, 0.4) is 0 Å². The first-order valence-electron chi connectivity index (χ1n) is 5.64.